The number of unbranched alkanes of at least 4 members (excludes halogenated alkanes) is 31. The van der Waals surface area contributed by atoms with Gasteiger partial charge in [0, 0.05) is 6.42 Å². The van der Waals surface area contributed by atoms with E-state index in [0.717, 1.165) is 38.5 Å². The van der Waals surface area contributed by atoms with Gasteiger partial charge in [0.2, 0.25) is 5.91 Å². The minimum atomic E-state index is -0.776. The summed E-state index contributed by atoms with van der Waals surface area (Å²) in [5.41, 5.74) is 0. The monoisotopic (exact) mass is 752 g/mol. The zero-order valence-corrected chi connectivity index (χ0v) is 35.9. The van der Waals surface area contributed by atoms with Crippen LogP contribution in [0.25, 0.3) is 0 Å². The first-order chi connectivity index (χ1) is 26.0. The van der Waals surface area contributed by atoms with Crippen LogP contribution < -0.4 is 5.32 Å². The van der Waals surface area contributed by atoms with Gasteiger partial charge in [-0.25, -0.2) is 0 Å². The molecule has 3 unspecified atom stereocenters. The predicted molar refractivity (Wildman–Crippen MR) is 227 cm³/mol. The maximum Gasteiger partial charge on any atom is 0.306 e. The van der Waals surface area contributed by atoms with E-state index in [2.05, 4.69) is 26.1 Å². The van der Waals surface area contributed by atoms with Gasteiger partial charge >= 0.3 is 5.97 Å². The molecule has 0 saturated carbocycles. The van der Waals surface area contributed by atoms with Crippen molar-refractivity contribution < 1.29 is 24.5 Å². The van der Waals surface area contributed by atoms with Gasteiger partial charge < -0.3 is 20.3 Å². The van der Waals surface area contributed by atoms with Crippen LogP contribution in [0.1, 0.15) is 265 Å². The minimum Gasteiger partial charge on any atom is -0.462 e. The summed E-state index contributed by atoms with van der Waals surface area (Å²) in [6, 6.07) is -0.689. The summed E-state index contributed by atoms with van der Waals surface area (Å²) in [6.45, 7) is 6.46. The number of hydrogen-bond donors (Lipinski definition) is 3. The van der Waals surface area contributed by atoms with Gasteiger partial charge in [-0.3, -0.25) is 9.59 Å². The van der Waals surface area contributed by atoms with Crippen molar-refractivity contribution in [1.82, 2.24) is 5.32 Å². The van der Waals surface area contributed by atoms with E-state index in [9.17, 15) is 19.8 Å². The number of aliphatic hydroxyl groups is 2. The summed E-state index contributed by atoms with van der Waals surface area (Å²) >= 11 is 0. The van der Waals surface area contributed by atoms with Crippen LogP contribution in [0.5, 0.6) is 0 Å². The highest BCUT2D eigenvalue weighted by Gasteiger charge is 2.24. The summed E-state index contributed by atoms with van der Waals surface area (Å²) in [6.07, 6.45) is 43.1. The molecule has 316 valence electrons. The average molecular weight is 752 g/mol. The maximum absolute atomic E-state index is 13.1. The van der Waals surface area contributed by atoms with E-state index in [4.69, 9.17) is 4.74 Å². The molecule has 6 heteroatoms. The standard InChI is InChI=1S/C47H93NO5/c1-4-7-10-13-16-19-21-22-23-24-25-26-28-31-34-37-40-47(52)53-43(38-35-32-29-18-15-12-9-6-3)41-46(51)48-44(42-49)45(50)39-36-33-30-27-20-17-14-11-8-5-2/h43-45,49-50H,4-42H2,1-3H3,(H,48,51). The Morgan fingerprint density at radius 1 is 0.472 bits per heavy atom. The number of aliphatic hydroxyl groups excluding tert-OH is 2. The Bertz CT molecular complexity index is 761. The molecule has 53 heavy (non-hydrogen) atoms. The molecule has 0 aromatic heterocycles. The van der Waals surface area contributed by atoms with E-state index >= 15 is 0 Å². The van der Waals surface area contributed by atoms with Crippen molar-refractivity contribution in [2.75, 3.05) is 6.61 Å². The molecule has 0 aromatic carbocycles. The van der Waals surface area contributed by atoms with Gasteiger partial charge in [-0.2, -0.15) is 0 Å². The lowest BCUT2D eigenvalue weighted by Gasteiger charge is -2.24. The van der Waals surface area contributed by atoms with Crippen molar-refractivity contribution in [3.8, 4) is 0 Å². The number of rotatable bonds is 43. The van der Waals surface area contributed by atoms with Crippen molar-refractivity contribution >= 4 is 11.9 Å². The Balaban J connectivity index is 4.40. The number of carbonyl (C=O) groups is 2. The van der Waals surface area contributed by atoms with Gasteiger partial charge in [-0.15, -0.1) is 0 Å². The molecular formula is C47H93NO5. The van der Waals surface area contributed by atoms with Crippen molar-refractivity contribution in [1.29, 1.82) is 0 Å². The molecule has 0 saturated heterocycles. The second kappa shape index (κ2) is 42.0. The highest BCUT2D eigenvalue weighted by Crippen LogP contribution is 2.18. The Morgan fingerprint density at radius 3 is 1.15 bits per heavy atom. The van der Waals surface area contributed by atoms with E-state index in [1.165, 1.54) is 180 Å². The minimum absolute atomic E-state index is 0.0860. The van der Waals surface area contributed by atoms with E-state index in [1.807, 2.05) is 0 Å². The summed E-state index contributed by atoms with van der Waals surface area (Å²) in [5.74, 6) is -0.460. The number of carbonyl (C=O) groups excluding carboxylic acids is 2. The van der Waals surface area contributed by atoms with Crippen LogP contribution in [0.4, 0.5) is 0 Å². The molecule has 0 aliphatic carbocycles. The predicted octanol–water partition coefficient (Wildman–Crippen LogP) is 13.6. The van der Waals surface area contributed by atoms with Crippen molar-refractivity contribution in [2.24, 2.45) is 0 Å². The fourth-order valence-electron chi connectivity index (χ4n) is 7.55. The fourth-order valence-corrected chi connectivity index (χ4v) is 7.55. The third-order valence-electron chi connectivity index (χ3n) is 11.2. The normalized spacial score (nSPS) is 13.2. The van der Waals surface area contributed by atoms with E-state index in [-0.39, 0.29) is 24.9 Å². The topological polar surface area (TPSA) is 95.9 Å². The van der Waals surface area contributed by atoms with Crippen molar-refractivity contribution in [3.05, 3.63) is 0 Å². The van der Waals surface area contributed by atoms with E-state index in [0.29, 0.717) is 19.3 Å². The zero-order valence-electron chi connectivity index (χ0n) is 35.9. The fraction of sp³-hybridized carbons (Fsp3) is 0.957. The summed E-state index contributed by atoms with van der Waals surface area (Å²) in [7, 11) is 0. The van der Waals surface area contributed by atoms with Crippen LogP contribution in [-0.4, -0.2) is 46.9 Å². The molecule has 6 nitrogen and oxygen atoms in total. The Morgan fingerprint density at radius 2 is 0.792 bits per heavy atom. The molecule has 0 aromatic rings. The lowest BCUT2D eigenvalue weighted by molar-refractivity contribution is -0.151. The molecule has 0 aliphatic rings. The lowest BCUT2D eigenvalue weighted by atomic mass is 10.0. The number of nitrogens with one attached hydrogen (secondary N) is 1. The van der Waals surface area contributed by atoms with Crippen LogP contribution >= 0.6 is 0 Å². The molecule has 1 amide bonds. The molecule has 0 rings (SSSR count). The van der Waals surface area contributed by atoms with Crippen molar-refractivity contribution in [2.45, 2.75) is 283 Å². The number of esters is 1. The average Bonchev–Trinajstić information content (AvgIpc) is 3.15. The largest absolute Gasteiger partial charge is 0.462 e. The number of ether oxygens (including phenoxy) is 1. The summed E-state index contributed by atoms with van der Waals surface area (Å²) in [5, 5.41) is 23.6. The van der Waals surface area contributed by atoms with Crippen LogP contribution in [0.2, 0.25) is 0 Å². The summed E-state index contributed by atoms with van der Waals surface area (Å²) in [4.78, 5) is 25.9. The van der Waals surface area contributed by atoms with Crippen LogP contribution in [-0.2, 0) is 14.3 Å². The first-order valence-electron chi connectivity index (χ1n) is 23.8. The molecular weight excluding hydrogens is 659 g/mol. The van der Waals surface area contributed by atoms with Gasteiger partial charge in [0.15, 0.2) is 0 Å². The second-order valence-corrected chi connectivity index (χ2v) is 16.5. The molecule has 0 heterocycles. The molecule has 3 atom stereocenters. The lowest BCUT2D eigenvalue weighted by Crippen LogP contribution is -2.46. The Kier molecular flexibility index (Phi) is 41.1. The van der Waals surface area contributed by atoms with Gasteiger partial charge in [-0.05, 0) is 25.7 Å². The Hall–Kier alpha value is -1.14. The second-order valence-electron chi connectivity index (χ2n) is 16.5. The van der Waals surface area contributed by atoms with Crippen LogP contribution in [0.15, 0.2) is 0 Å². The van der Waals surface area contributed by atoms with Gasteiger partial charge in [0.25, 0.3) is 0 Å². The highest BCUT2D eigenvalue weighted by molar-refractivity contribution is 5.77. The Labute approximate surface area is 330 Å². The molecule has 3 N–H and O–H groups in total. The van der Waals surface area contributed by atoms with Gasteiger partial charge in [-0.1, -0.05) is 226 Å². The zero-order chi connectivity index (χ0) is 38.9. The molecule has 0 fully saturated rings. The highest BCUT2D eigenvalue weighted by atomic mass is 16.5. The third-order valence-corrected chi connectivity index (χ3v) is 11.2. The smallest absolute Gasteiger partial charge is 0.306 e. The molecule has 0 radical (unpaired) electrons. The van der Waals surface area contributed by atoms with Gasteiger partial charge in [0.05, 0.1) is 25.2 Å². The van der Waals surface area contributed by atoms with Crippen molar-refractivity contribution in [3.63, 3.8) is 0 Å². The third kappa shape index (κ3) is 37.6. The SMILES string of the molecule is CCCCCCCCCCCCCCCCCCC(=O)OC(CCCCCCCCCC)CC(=O)NC(CO)C(O)CCCCCCCCCCCC. The molecule has 0 aliphatic heterocycles. The van der Waals surface area contributed by atoms with Gasteiger partial charge in [0.1, 0.15) is 6.10 Å². The number of hydrogen-bond acceptors (Lipinski definition) is 5. The van der Waals surface area contributed by atoms with Crippen LogP contribution in [0.3, 0.4) is 0 Å². The quantitative estimate of drug-likeness (QED) is 0.0426. The van der Waals surface area contributed by atoms with Crippen LogP contribution in [0, 0.1) is 0 Å². The first-order valence-corrected chi connectivity index (χ1v) is 23.8. The maximum atomic E-state index is 13.1. The summed E-state index contributed by atoms with van der Waals surface area (Å²) < 4.78 is 5.89. The molecule has 0 bridgehead atoms. The number of amides is 1. The van der Waals surface area contributed by atoms with E-state index in [1.54, 1.807) is 0 Å². The molecule has 0 spiro atoms. The first kappa shape index (κ1) is 51.9. The van der Waals surface area contributed by atoms with E-state index < -0.39 is 18.2 Å².